The zero-order valence-electron chi connectivity index (χ0n) is 46.4. The number of hydrogen-bond donors (Lipinski definition) is 14. The molecule has 27 heteroatoms. The van der Waals surface area contributed by atoms with Gasteiger partial charge >= 0.3 is 5.97 Å². The highest BCUT2D eigenvalue weighted by atomic mass is 16.4. The lowest BCUT2D eigenvalue weighted by Crippen LogP contribution is -2.60. The van der Waals surface area contributed by atoms with Gasteiger partial charge in [0.1, 0.15) is 54.1 Å². The zero-order chi connectivity index (χ0) is 59.8. The summed E-state index contributed by atoms with van der Waals surface area (Å²) < 4.78 is 0. The number of imidazole rings is 1. The van der Waals surface area contributed by atoms with Crippen LogP contribution >= 0.6 is 0 Å². The fraction of sp³-hybridized carbons (Fsp3) is 0.519. The van der Waals surface area contributed by atoms with Crippen molar-refractivity contribution >= 4 is 65.1 Å². The summed E-state index contributed by atoms with van der Waals surface area (Å²) in [5.41, 5.74) is 18.5. The van der Waals surface area contributed by atoms with Gasteiger partial charge in [0.05, 0.1) is 12.4 Å². The number of likely N-dealkylation sites (N-methyl/N-ethyl adjacent to an activating group) is 1. The number of benzene rings is 2. The third kappa shape index (κ3) is 21.9. The molecular formula is C54H79N15O12. The van der Waals surface area contributed by atoms with Crippen LogP contribution in [0.4, 0.5) is 0 Å². The molecule has 1 saturated heterocycles. The lowest BCUT2D eigenvalue weighted by atomic mass is 10.0. The molecule has 27 nitrogen and oxygen atoms in total. The Morgan fingerprint density at radius 1 is 0.691 bits per heavy atom. The third-order valence-electron chi connectivity index (χ3n) is 13.1. The highest BCUT2D eigenvalue weighted by molar-refractivity contribution is 5.98. The molecule has 3 aromatic rings. The summed E-state index contributed by atoms with van der Waals surface area (Å²) in [7, 11) is 0. The number of nitrogens with zero attached hydrogens (tertiary/aromatic N) is 3. The fourth-order valence-electron chi connectivity index (χ4n) is 8.81. The van der Waals surface area contributed by atoms with E-state index in [2.05, 4.69) is 57.5 Å². The Balaban J connectivity index is 1.52. The molecule has 0 radical (unpaired) electrons. The van der Waals surface area contributed by atoms with Gasteiger partial charge in [-0.25, -0.2) is 4.98 Å². The number of phenols is 1. The Kier molecular flexibility index (Phi) is 26.0. The van der Waals surface area contributed by atoms with Crippen LogP contribution in [0.3, 0.4) is 0 Å². The number of amides is 9. The second-order valence-electron chi connectivity index (χ2n) is 20.3. The number of guanidine groups is 1. The summed E-state index contributed by atoms with van der Waals surface area (Å²) in [4.78, 5) is 148. The van der Waals surface area contributed by atoms with Gasteiger partial charge in [0.25, 0.3) is 0 Å². The molecule has 1 aromatic heterocycles. The van der Waals surface area contributed by atoms with Gasteiger partial charge in [-0.3, -0.25) is 52.9 Å². The van der Waals surface area contributed by atoms with Gasteiger partial charge < -0.3 is 79.8 Å². The average Bonchev–Trinajstić information content (AvgIpc) is 4.14. The number of phenolic OH excluding ortho intramolecular Hbond substituents is 1. The maximum Gasteiger partial charge on any atom is 0.303 e. The maximum absolute atomic E-state index is 14.2. The van der Waals surface area contributed by atoms with Gasteiger partial charge in [0, 0.05) is 57.2 Å². The molecule has 9 amide bonds. The lowest BCUT2D eigenvalue weighted by Gasteiger charge is -2.30. The first-order chi connectivity index (χ1) is 38.4. The minimum Gasteiger partial charge on any atom is -0.508 e. The average molecular weight is 1130 g/mol. The predicted molar refractivity (Wildman–Crippen MR) is 297 cm³/mol. The molecule has 4 rings (SSSR count). The number of carbonyl (C=O) groups is 10. The molecule has 0 saturated carbocycles. The molecule has 81 heavy (non-hydrogen) atoms. The second-order valence-corrected chi connectivity index (χ2v) is 20.3. The number of hydrogen-bond acceptors (Lipinski definition) is 14. The van der Waals surface area contributed by atoms with Crippen molar-refractivity contribution in [2.75, 3.05) is 19.6 Å². The van der Waals surface area contributed by atoms with Crippen LogP contribution in [-0.4, -0.2) is 164 Å². The minimum absolute atomic E-state index is 0.0712. The first-order valence-electron chi connectivity index (χ1n) is 27.0. The number of carboxylic acids is 1. The molecule has 0 bridgehead atoms. The summed E-state index contributed by atoms with van der Waals surface area (Å²) in [5, 5.41) is 40.4. The number of rotatable bonds is 32. The molecule has 9 atom stereocenters. The Morgan fingerprint density at radius 3 is 1.78 bits per heavy atom. The first-order valence-corrected chi connectivity index (χ1v) is 27.0. The van der Waals surface area contributed by atoms with Crippen molar-refractivity contribution < 1.29 is 58.2 Å². The van der Waals surface area contributed by atoms with E-state index in [1.54, 1.807) is 37.3 Å². The molecule has 1 fully saturated rings. The van der Waals surface area contributed by atoms with Gasteiger partial charge in [-0.15, -0.1) is 0 Å². The SMILES string of the molecule is CCNC(=O)[C@@H]1CCCN1C(=O)[C@H](CCCN=C(N)N)NC(=O)[C@H](CC(C)C)NC(=O)[C@@H](C)NC(=O)[C@H](Cc1ccc(O)cc1)NC(=O)[C@H](C)NC(=O)[C@H](Cc1ccccc1)NC(=O)[C@H](Cc1cnc[nH]1)NC(=O)[C@@H](N)CCC(=O)O. The van der Waals surface area contributed by atoms with Crippen LogP contribution in [0.2, 0.25) is 0 Å². The molecule has 1 aliphatic heterocycles. The van der Waals surface area contributed by atoms with Crippen molar-refractivity contribution in [3.63, 3.8) is 0 Å². The van der Waals surface area contributed by atoms with Crippen LogP contribution in [0, 0.1) is 5.92 Å². The fourth-order valence-corrected chi connectivity index (χ4v) is 8.81. The Morgan fingerprint density at radius 2 is 1.22 bits per heavy atom. The van der Waals surface area contributed by atoms with Gasteiger partial charge in [0.2, 0.25) is 53.2 Å². The van der Waals surface area contributed by atoms with E-state index in [1.807, 2.05) is 13.8 Å². The zero-order valence-corrected chi connectivity index (χ0v) is 46.4. The van der Waals surface area contributed by atoms with Gasteiger partial charge in [-0.05, 0) is 88.5 Å². The number of aromatic amines is 1. The number of nitrogens with two attached hydrogens (primary N) is 3. The van der Waals surface area contributed by atoms with Crippen molar-refractivity contribution in [3.8, 4) is 5.75 Å². The summed E-state index contributed by atoms with van der Waals surface area (Å²) >= 11 is 0. The van der Waals surface area contributed by atoms with E-state index in [9.17, 15) is 53.1 Å². The molecule has 17 N–H and O–H groups in total. The number of carbonyl (C=O) groups excluding carboxylic acids is 9. The van der Waals surface area contributed by atoms with E-state index < -0.39 is 114 Å². The van der Waals surface area contributed by atoms with Crippen molar-refractivity contribution in [2.45, 2.75) is 153 Å². The number of likely N-dealkylation sites (tertiary alicyclic amines) is 1. The number of aliphatic imine (C=N–C) groups is 1. The van der Waals surface area contributed by atoms with E-state index in [0.29, 0.717) is 36.2 Å². The van der Waals surface area contributed by atoms with E-state index in [1.165, 1.54) is 55.5 Å². The number of aromatic hydroxyl groups is 1. The predicted octanol–water partition coefficient (Wildman–Crippen LogP) is -2.00. The molecule has 0 spiro atoms. The van der Waals surface area contributed by atoms with Crippen LogP contribution < -0.4 is 59.7 Å². The summed E-state index contributed by atoms with van der Waals surface area (Å²) in [6.45, 7) is 8.92. The van der Waals surface area contributed by atoms with E-state index in [-0.39, 0.29) is 81.6 Å². The highest BCUT2D eigenvalue weighted by Gasteiger charge is 2.39. The van der Waals surface area contributed by atoms with Crippen molar-refractivity contribution in [3.05, 3.63) is 83.9 Å². The maximum atomic E-state index is 14.2. The molecule has 2 heterocycles. The van der Waals surface area contributed by atoms with Crippen molar-refractivity contribution in [2.24, 2.45) is 28.1 Å². The lowest BCUT2D eigenvalue weighted by molar-refractivity contribution is -0.142. The number of aromatic nitrogens is 2. The van der Waals surface area contributed by atoms with Crippen LogP contribution in [0.1, 0.15) is 96.4 Å². The Hall–Kier alpha value is -8.62. The molecule has 442 valence electrons. The van der Waals surface area contributed by atoms with Crippen LogP contribution in [0.15, 0.2) is 72.1 Å². The Bertz CT molecular complexity index is 2630. The normalized spacial score (nSPS) is 15.9. The summed E-state index contributed by atoms with van der Waals surface area (Å²) in [6, 6.07) is 3.28. The monoisotopic (exact) mass is 1130 g/mol. The first kappa shape index (κ1) is 64.9. The summed E-state index contributed by atoms with van der Waals surface area (Å²) in [5.74, 6) is -8.00. The van der Waals surface area contributed by atoms with Gasteiger partial charge in [-0.2, -0.15) is 0 Å². The topological polar surface area (TPSA) is 430 Å². The van der Waals surface area contributed by atoms with Gasteiger partial charge in [0.15, 0.2) is 5.96 Å². The van der Waals surface area contributed by atoms with Crippen LogP contribution in [0.25, 0.3) is 0 Å². The number of nitrogens with one attached hydrogen (secondary N) is 9. The Labute approximate surface area is 469 Å². The quantitative estimate of drug-likeness (QED) is 0.0183. The third-order valence-corrected chi connectivity index (χ3v) is 13.1. The second kappa shape index (κ2) is 32.5. The standard InChI is InChI=1S/C54H79N15O12/c1-6-59-52(80)43-15-11-23-69(43)53(81)38(14-10-22-60-54(56)57)64-50(78)39(24-30(2)3)65-45(73)31(4)62-48(76)40(26-34-16-18-36(70)19-17-34)66-46(74)32(5)63-49(77)41(25-33-12-8-7-9-13-33)68-51(79)42(27-35-28-58-29-61-35)67-47(75)37(55)20-21-44(71)72/h7-9,12-13,16-19,28-32,37-43,70H,6,10-11,14-15,20-27,55H2,1-5H3,(H,58,61)(H,59,80)(H,62,76)(H,63,77)(H,64,78)(H,65,73)(H,66,74)(H,67,75)(H,68,79)(H,71,72)(H4,56,57,60)/t31-,32+,37+,38+,39+,40+,41+,42+,43+/m1/s1. The molecule has 1 aliphatic rings. The molecule has 0 aliphatic carbocycles. The number of carboxylic acid groups (broad SMARTS) is 1. The van der Waals surface area contributed by atoms with Crippen LogP contribution in [0.5, 0.6) is 5.75 Å². The molecule has 0 unspecified atom stereocenters. The highest BCUT2D eigenvalue weighted by Crippen LogP contribution is 2.21. The van der Waals surface area contributed by atoms with Crippen molar-refractivity contribution in [1.29, 1.82) is 0 Å². The molecule has 2 aromatic carbocycles. The van der Waals surface area contributed by atoms with E-state index >= 15 is 0 Å². The number of aliphatic carboxylic acids is 1. The minimum atomic E-state index is -1.40. The smallest absolute Gasteiger partial charge is 0.303 e. The van der Waals surface area contributed by atoms with E-state index in [0.717, 1.165) is 0 Å². The number of H-pyrrole nitrogens is 1. The van der Waals surface area contributed by atoms with Gasteiger partial charge in [-0.1, -0.05) is 56.3 Å². The largest absolute Gasteiger partial charge is 0.508 e. The summed E-state index contributed by atoms with van der Waals surface area (Å²) in [6.07, 6.45) is 3.28. The van der Waals surface area contributed by atoms with Crippen LogP contribution in [-0.2, 0) is 67.2 Å². The van der Waals surface area contributed by atoms with E-state index in [4.69, 9.17) is 22.3 Å². The molecular weight excluding hydrogens is 1050 g/mol. The van der Waals surface area contributed by atoms with Crippen molar-refractivity contribution in [1.82, 2.24) is 57.4 Å².